The third kappa shape index (κ3) is 3.13. The number of hydrogen-bond acceptors (Lipinski definition) is 7. The fourth-order valence-corrected chi connectivity index (χ4v) is 2.82. The van der Waals surface area contributed by atoms with E-state index >= 15 is 0 Å². The van der Waals surface area contributed by atoms with Crippen molar-refractivity contribution in [1.29, 1.82) is 0 Å². The maximum absolute atomic E-state index is 5.39. The maximum Gasteiger partial charge on any atom is 0.254 e. The molecule has 0 aliphatic heterocycles. The van der Waals surface area contributed by atoms with Gasteiger partial charge in [0.25, 0.3) is 5.78 Å². The summed E-state index contributed by atoms with van der Waals surface area (Å²) in [6.45, 7) is 4.00. The Morgan fingerprint density at radius 3 is 2.85 bits per heavy atom. The van der Waals surface area contributed by atoms with E-state index in [9.17, 15) is 0 Å². The van der Waals surface area contributed by atoms with Crippen LogP contribution in [0.2, 0.25) is 0 Å². The van der Waals surface area contributed by atoms with Gasteiger partial charge in [-0.15, -0.1) is 0 Å². The SMILES string of the molecule is CCCc1nc(C(Nc2cc(C)nc3ncnn23)c2ccccc2)no1. The number of anilines is 1. The van der Waals surface area contributed by atoms with Crippen LogP contribution in [0.3, 0.4) is 0 Å². The highest BCUT2D eigenvalue weighted by molar-refractivity contribution is 5.48. The van der Waals surface area contributed by atoms with Crippen LogP contribution in [0.5, 0.6) is 0 Å². The summed E-state index contributed by atoms with van der Waals surface area (Å²) in [6.07, 6.45) is 3.20. The fourth-order valence-electron chi connectivity index (χ4n) is 2.82. The standard InChI is InChI=1S/C18H19N7O/c1-3-7-15-23-17(24-26-15)16(13-8-5-4-6-9-13)22-14-10-12(2)21-18-19-11-20-25(14)18/h4-6,8-11,16,22H,3,7H2,1-2H3. The molecule has 0 aliphatic carbocycles. The molecule has 1 atom stereocenters. The fraction of sp³-hybridized carbons (Fsp3) is 0.278. The molecule has 0 amide bonds. The largest absolute Gasteiger partial charge is 0.356 e. The van der Waals surface area contributed by atoms with Gasteiger partial charge in [0, 0.05) is 18.2 Å². The van der Waals surface area contributed by atoms with Gasteiger partial charge in [0.15, 0.2) is 5.82 Å². The second kappa shape index (κ2) is 6.91. The minimum absolute atomic E-state index is 0.278. The van der Waals surface area contributed by atoms with E-state index in [1.54, 1.807) is 4.52 Å². The summed E-state index contributed by atoms with van der Waals surface area (Å²) in [7, 11) is 0. The lowest BCUT2D eigenvalue weighted by Crippen LogP contribution is -2.17. The number of rotatable bonds is 6. The van der Waals surface area contributed by atoms with Gasteiger partial charge in [-0.2, -0.15) is 19.6 Å². The molecule has 4 aromatic rings. The Morgan fingerprint density at radius 2 is 2.04 bits per heavy atom. The molecular formula is C18H19N7O. The molecule has 0 spiro atoms. The van der Waals surface area contributed by atoms with Gasteiger partial charge in [0.1, 0.15) is 18.2 Å². The molecule has 0 saturated carbocycles. The zero-order valence-corrected chi connectivity index (χ0v) is 14.6. The van der Waals surface area contributed by atoms with Crippen molar-refractivity contribution in [2.45, 2.75) is 32.7 Å². The third-order valence-corrected chi connectivity index (χ3v) is 4.01. The van der Waals surface area contributed by atoms with Gasteiger partial charge >= 0.3 is 0 Å². The number of fused-ring (bicyclic) bond motifs is 1. The number of nitrogens with one attached hydrogen (secondary N) is 1. The number of aromatic nitrogens is 6. The number of aryl methyl sites for hydroxylation is 2. The molecule has 0 aliphatic rings. The predicted octanol–water partition coefficient (Wildman–Crippen LogP) is 2.97. The van der Waals surface area contributed by atoms with Gasteiger partial charge in [-0.3, -0.25) is 0 Å². The molecule has 132 valence electrons. The van der Waals surface area contributed by atoms with Crippen molar-refractivity contribution in [3.05, 3.63) is 65.7 Å². The first-order valence-corrected chi connectivity index (χ1v) is 8.56. The molecule has 0 radical (unpaired) electrons. The van der Waals surface area contributed by atoms with Crippen LogP contribution in [-0.2, 0) is 6.42 Å². The molecule has 1 N–H and O–H groups in total. The van der Waals surface area contributed by atoms with Crippen molar-refractivity contribution < 1.29 is 4.52 Å². The van der Waals surface area contributed by atoms with Crippen molar-refractivity contribution >= 4 is 11.6 Å². The van der Waals surface area contributed by atoms with Crippen LogP contribution in [0.15, 0.2) is 47.2 Å². The predicted molar refractivity (Wildman–Crippen MR) is 95.7 cm³/mol. The molecule has 0 fully saturated rings. The Hall–Kier alpha value is -3.29. The minimum Gasteiger partial charge on any atom is -0.356 e. The number of hydrogen-bond donors (Lipinski definition) is 1. The van der Waals surface area contributed by atoms with Crippen LogP contribution in [0, 0.1) is 6.92 Å². The molecule has 3 heterocycles. The first kappa shape index (κ1) is 16.2. The van der Waals surface area contributed by atoms with Crippen molar-refractivity contribution in [3.63, 3.8) is 0 Å². The normalized spacial score (nSPS) is 12.4. The monoisotopic (exact) mass is 349 g/mol. The zero-order valence-electron chi connectivity index (χ0n) is 14.6. The van der Waals surface area contributed by atoms with Crippen molar-refractivity contribution in [2.75, 3.05) is 5.32 Å². The molecule has 8 heteroatoms. The summed E-state index contributed by atoms with van der Waals surface area (Å²) in [4.78, 5) is 13.1. The Labute approximate surface area is 150 Å². The molecule has 1 unspecified atom stereocenters. The van der Waals surface area contributed by atoms with E-state index in [1.807, 2.05) is 43.3 Å². The topological polar surface area (TPSA) is 94.0 Å². The second-order valence-electron chi connectivity index (χ2n) is 6.04. The molecule has 3 aromatic heterocycles. The lowest BCUT2D eigenvalue weighted by molar-refractivity contribution is 0.371. The van der Waals surface area contributed by atoms with Crippen LogP contribution in [0.25, 0.3) is 5.78 Å². The van der Waals surface area contributed by atoms with Crippen LogP contribution in [0.4, 0.5) is 5.82 Å². The molecule has 0 saturated heterocycles. The van der Waals surface area contributed by atoms with Gasteiger partial charge in [-0.1, -0.05) is 42.4 Å². The summed E-state index contributed by atoms with van der Waals surface area (Å²) >= 11 is 0. The Balaban J connectivity index is 1.76. The Kier molecular flexibility index (Phi) is 4.30. The van der Waals surface area contributed by atoms with Crippen molar-refractivity contribution in [1.82, 2.24) is 29.7 Å². The van der Waals surface area contributed by atoms with Crippen LogP contribution >= 0.6 is 0 Å². The van der Waals surface area contributed by atoms with E-state index in [4.69, 9.17) is 4.52 Å². The third-order valence-electron chi connectivity index (χ3n) is 4.01. The van der Waals surface area contributed by atoms with E-state index in [0.717, 1.165) is 29.9 Å². The van der Waals surface area contributed by atoms with Gasteiger partial charge < -0.3 is 9.84 Å². The van der Waals surface area contributed by atoms with Crippen LogP contribution in [0.1, 0.15) is 42.4 Å². The molecule has 0 bridgehead atoms. The van der Waals surface area contributed by atoms with E-state index in [0.29, 0.717) is 17.5 Å². The van der Waals surface area contributed by atoms with Crippen LogP contribution in [-0.4, -0.2) is 29.7 Å². The Morgan fingerprint density at radius 1 is 1.19 bits per heavy atom. The summed E-state index contributed by atoms with van der Waals surface area (Å²) in [5, 5.41) is 11.9. The molecule has 1 aromatic carbocycles. The van der Waals surface area contributed by atoms with Crippen molar-refractivity contribution in [2.24, 2.45) is 0 Å². The number of benzene rings is 1. The first-order chi connectivity index (χ1) is 12.7. The maximum atomic E-state index is 5.39. The van der Waals surface area contributed by atoms with Gasteiger partial charge in [-0.25, -0.2) is 4.98 Å². The molecule has 26 heavy (non-hydrogen) atoms. The van der Waals surface area contributed by atoms with E-state index < -0.39 is 0 Å². The smallest absolute Gasteiger partial charge is 0.254 e. The van der Waals surface area contributed by atoms with Gasteiger partial charge in [-0.05, 0) is 18.9 Å². The first-order valence-electron chi connectivity index (χ1n) is 8.56. The van der Waals surface area contributed by atoms with Crippen molar-refractivity contribution in [3.8, 4) is 0 Å². The lowest BCUT2D eigenvalue weighted by atomic mass is 10.1. The summed E-state index contributed by atoms with van der Waals surface area (Å²) in [6, 6.07) is 11.6. The Bertz CT molecular complexity index is 1010. The summed E-state index contributed by atoms with van der Waals surface area (Å²) < 4.78 is 7.06. The average Bonchev–Trinajstić information content (AvgIpc) is 3.30. The zero-order chi connectivity index (χ0) is 17.9. The molecular weight excluding hydrogens is 330 g/mol. The van der Waals surface area contributed by atoms with E-state index in [2.05, 4.69) is 37.4 Å². The highest BCUT2D eigenvalue weighted by Crippen LogP contribution is 2.25. The van der Waals surface area contributed by atoms with E-state index in [1.165, 1.54) is 6.33 Å². The molecule has 4 rings (SSSR count). The quantitative estimate of drug-likeness (QED) is 0.572. The highest BCUT2D eigenvalue weighted by atomic mass is 16.5. The molecule has 8 nitrogen and oxygen atoms in total. The number of nitrogens with zero attached hydrogens (tertiary/aromatic N) is 6. The highest BCUT2D eigenvalue weighted by Gasteiger charge is 2.22. The second-order valence-corrected chi connectivity index (χ2v) is 6.04. The average molecular weight is 349 g/mol. The van der Waals surface area contributed by atoms with E-state index in [-0.39, 0.29) is 6.04 Å². The van der Waals surface area contributed by atoms with Gasteiger partial charge in [0.05, 0.1) is 0 Å². The van der Waals surface area contributed by atoms with Gasteiger partial charge in [0.2, 0.25) is 5.89 Å². The summed E-state index contributed by atoms with van der Waals surface area (Å²) in [5.41, 5.74) is 1.87. The summed E-state index contributed by atoms with van der Waals surface area (Å²) in [5.74, 6) is 2.53. The van der Waals surface area contributed by atoms with Crippen LogP contribution < -0.4 is 5.32 Å². The lowest BCUT2D eigenvalue weighted by Gasteiger charge is -2.17. The minimum atomic E-state index is -0.278.